The maximum atomic E-state index is 13.1. The fraction of sp³-hybridized carbons (Fsp3) is 0. The van der Waals surface area contributed by atoms with Crippen LogP contribution in [-0.4, -0.2) is 24.5 Å². The molecule has 0 amide bonds. The quantitative estimate of drug-likeness (QED) is 0.770. The monoisotopic (exact) mass is 305 g/mol. The number of halogens is 2. The summed E-state index contributed by atoms with van der Waals surface area (Å²) >= 11 is 5.72. The molecule has 0 radical (unpaired) electrons. The number of rotatable bonds is 3. The minimum absolute atomic E-state index is 0.00291. The van der Waals surface area contributed by atoms with Crippen LogP contribution in [0, 0.1) is 5.82 Å². The van der Waals surface area contributed by atoms with Crippen molar-refractivity contribution in [1.29, 1.82) is 0 Å². The van der Waals surface area contributed by atoms with Crippen LogP contribution in [0.1, 0.15) is 0 Å². The molecule has 106 valence electrons. The highest BCUT2D eigenvalue weighted by atomic mass is 35.5. The molecule has 0 saturated carbocycles. The van der Waals surface area contributed by atoms with Gasteiger partial charge >= 0.3 is 0 Å². The Bertz CT molecular complexity index is 775. The van der Waals surface area contributed by atoms with E-state index in [0.29, 0.717) is 11.6 Å². The second kappa shape index (κ2) is 5.33. The Kier molecular flexibility index (Phi) is 3.36. The summed E-state index contributed by atoms with van der Waals surface area (Å²) in [5.41, 5.74) is 6.18. The molecule has 0 unspecified atom stereocenters. The van der Waals surface area contributed by atoms with Crippen LogP contribution in [0.3, 0.4) is 0 Å². The van der Waals surface area contributed by atoms with Gasteiger partial charge in [-0.3, -0.25) is 4.57 Å². The lowest BCUT2D eigenvalue weighted by atomic mass is 10.3. The van der Waals surface area contributed by atoms with E-state index in [-0.39, 0.29) is 16.9 Å². The van der Waals surface area contributed by atoms with Crippen molar-refractivity contribution in [2.75, 3.05) is 11.1 Å². The second-order valence-corrected chi connectivity index (χ2v) is 4.45. The van der Waals surface area contributed by atoms with Crippen molar-refractivity contribution in [2.45, 2.75) is 0 Å². The molecule has 9 heteroatoms. The van der Waals surface area contributed by atoms with Gasteiger partial charge in [-0.2, -0.15) is 15.0 Å². The summed E-state index contributed by atoms with van der Waals surface area (Å²) in [6.45, 7) is 0. The Balaban J connectivity index is 1.93. The highest BCUT2D eigenvalue weighted by Crippen LogP contribution is 2.21. The summed E-state index contributed by atoms with van der Waals surface area (Å²) in [5.74, 6) is 0.0745. The molecular weight excluding hydrogens is 297 g/mol. The first-order chi connectivity index (χ1) is 10.1. The van der Waals surface area contributed by atoms with Crippen molar-refractivity contribution in [1.82, 2.24) is 24.5 Å². The highest BCUT2D eigenvalue weighted by molar-refractivity contribution is 6.31. The zero-order valence-corrected chi connectivity index (χ0v) is 11.3. The zero-order valence-electron chi connectivity index (χ0n) is 10.5. The highest BCUT2D eigenvalue weighted by Gasteiger charge is 2.07. The maximum Gasteiger partial charge on any atom is 0.241 e. The van der Waals surface area contributed by atoms with E-state index in [2.05, 4.69) is 25.3 Å². The van der Waals surface area contributed by atoms with Gasteiger partial charge in [-0.15, -0.1) is 0 Å². The van der Waals surface area contributed by atoms with Gasteiger partial charge in [-0.05, 0) is 18.2 Å². The predicted molar refractivity (Wildman–Crippen MR) is 76.1 cm³/mol. The van der Waals surface area contributed by atoms with Gasteiger partial charge in [0.25, 0.3) is 0 Å². The van der Waals surface area contributed by atoms with Crippen LogP contribution in [0.15, 0.2) is 36.9 Å². The second-order valence-electron chi connectivity index (χ2n) is 4.04. The summed E-state index contributed by atoms with van der Waals surface area (Å²) in [5, 5.41) is 2.89. The Labute approximate surface area is 123 Å². The SMILES string of the molecule is Nc1nc(Nc2ccc(F)c(Cl)c2)nc(-n2ccnc2)n1. The molecule has 0 fully saturated rings. The molecule has 21 heavy (non-hydrogen) atoms. The average Bonchev–Trinajstić information content (AvgIpc) is 2.96. The minimum Gasteiger partial charge on any atom is -0.368 e. The van der Waals surface area contributed by atoms with Crippen LogP contribution in [0.5, 0.6) is 0 Å². The molecule has 0 spiro atoms. The van der Waals surface area contributed by atoms with Crippen molar-refractivity contribution >= 4 is 29.2 Å². The third-order valence-corrected chi connectivity index (χ3v) is 2.84. The number of nitrogens with two attached hydrogens (primary N) is 1. The molecular formula is C12H9ClFN7. The number of nitrogen functional groups attached to an aromatic ring is 1. The Morgan fingerprint density at radius 2 is 2.10 bits per heavy atom. The van der Waals surface area contributed by atoms with Crippen molar-refractivity contribution < 1.29 is 4.39 Å². The predicted octanol–water partition coefficient (Wildman–Crippen LogP) is 2.18. The largest absolute Gasteiger partial charge is 0.368 e. The summed E-state index contributed by atoms with van der Waals surface area (Å²) in [6, 6.07) is 4.18. The lowest BCUT2D eigenvalue weighted by molar-refractivity contribution is 0.628. The van der Waals surface area contributed by atoms with Gasteiger partial charge in [0, 0.05) is 18.1 Å². The molecule has 0 saturated heterocycles. The normalized spacial score (nSPS) is 10.6. The van der Waals surface area contributed by atoms with Crippen LogP contribution in [0.25, 0.3) is 5.95 Å². The number of hydrogen-bond acceptors (Lipinski definition) is 6. The molecule has 2 heterocycles. The molecule has 2 aromatic heterocycles. The lowest BCUT2D eigenvalue weighted by Gasteiger charge is -2.08. The summed E-state index contributed by atoms with van der Waals surface area (Å²) in [7, 11) is 0. The molecule has 3 rings (SSSR count). The van der Waals surface area contributed by atoms with Crippen LogP contribution in [0.4, 0.5) is 22.0 Å². The number of nitrogens with one attached hydrogen (secondary N) is 1. The Hall–Kier alpha value is -2.74. The first kappa shape index (κ1) is 13.3. The smallest absolute Gasteiger partial charge is 0.241 e. The van der Waals surface area contributed by atoms with E-state index in [1.807, 2.05) is 0 Å². The Morgan fingerprint density at radius 1 is 1.24 bits per heavy atom. The third kappa shape index (κ3) is 2.90. The number of imidazole rings is 1. The number of anilines is 3. The third-order valence-electron chi connectivity index (χ3n) is 2.55. The van der Waals surface area contributed by atoms with E-state index >= 15 is 0 Å². The van der Waals surface area contributed by atoms with Gasteiger partial charge in [0.1, 0.15) is 12.1 Å². The Morgan fingerprint density at radius 3 is 2.81 bits per heavy atom. The van der Waals surface area contributed by atoms with Gasteiger partial charge in [0.2, 0.25) is 17.8 Å². The first-order valence-electron chi connectivity index (χ1n) is 5.84. The van der Waals surface area contributed by atoms with Gasteiger partial charge < -0.3 is 11.1 Å². The van der Waals surface area contributed by atoms with Gasteiger partial charge in [-0.25, -0.2) is 9.37 Å². The number of aromatic nitrogens is 5. The number of nitrogens with zero attached hydrogens (tertiary/aromatic N) is 5. The van der Waals surface area contributed by atoms with Crippen molar-refractivity contribution in [3.05, 3.63) is 47.8 Å². The van der Waals surface area contributed by atoms with E-state index in [4.69, 9.17) is 17.3 Å². The molecule has 0 atom stereocenters. The summed E-state index contributed by atoms with van der Waals surface area (Å²) in [6.07, 6.45) is 4.80. The molecule has 3 aromatic rings. The van der Waals surface area contributed by atoms with E-state index in [0.717, 1.165) is 0 Å². The fourth-order valence-corrected chi connectivity index (χ4v) is 1.81. The van der Waals surface area contributed by atoms with E-state index in [1.165, 1.54) is 24.5 Å². The fourth-order valence-electron chi connectivity index (χ4n) is 1.63. The van der Waals surface area contributed by atoms with Gasteiger partial charge in [-0.1, -0.05) is 11.6 Å². The van der Waals surface area contributed by atoms with Crippen LogP contribution in [0.2, 0.25) is 5.02 Å². The van der Waals surface area contributed by atoms with E-state index in [9.17, 15) is 4.39 Å². The minimum atomic E-state index is -0.503. The number of benzene rings is 1. The summed E-state index contributed by atoms with van der Waals surface area (Å²) in [4.78, 5) is 16.1. The number of hydrogen-bond donors (Lipinski definition) is 2. The van der Waals surface area contributed by atoms with Gasteiger partial charge in [0.15, 0.2) is 0 Å². The topological polar surface area (TPSA) is 94.5 Å². The molecule has 0 bridgehead atoms. The van der Waals surface area contributed by atoms with Crippen LogP contribution in [-0.2, 0) is 0 Å². The van der Waals surface area contributed by atoms with Gasteiger partial charge in [0.05, 0.1) is 5.02 Å². The van der Waals surface area contributed by atoms with Crippen LogP contribution < -0.4 is 11.1 Å². The standard InChI is InChI=1S/C12H9ClFN7/c13-8-5-7(1-2-9(8)14)17-11-18-10(15)19-12(20-11)21-4-3-16-6-21/h1-6H,(H3,15,17,18,19,20). The molecule has 0 aliphatic heterocycles. The van der Waals surface area contributed by atoms with E-state index in [1.54, 1.807) is 17.0 Å². The van der Waals surface area contributed by atoms with E-state index < -0.39 is 5.82 Å². The lowest BCUT2D eigenvalue weighted by Crippen LogP contribution is -2.08. The maximum absolute atomic E-state index is 13.1. The first-order valence-corrected chi connectivity index (χ1v) is 6.21. The zero-order chi connectivity index (χ0) is 14.8. The average molecular weight is 306 g/mol. The molecule has 7 nitrogen and oxygen atoms in total. The van der Waals surface area contributed by atoms with Crippen molar-refractivity contribution in [3.63, 3.8) is 0 Å². The van der Waals surface area contributed by atoms with Crippen molar-refractivity contribution in [2.24, 2.45) is 0 Å². The molecule has 1 aromatic carbocycles. The molecule has 3 N–H and O–H groups in total. The molecule has 0 aliphatic rings. The summed E-state index contributed by atoms with van der Waals surface area (Å²) < 4.78 is 14.7. The van der Waals surface area contributed by atoms with Crippen molar-refractivity contribution in [3.8, 4) is 5.95 Å². The molecule has 0 aliphatic carbocycles. The van der Waals surface area contributed by atoms with Crippen LogP contribution >= 0.6 is 11.6 Å².